The molecule has 1 aliphatic carbocycles. The molecule has 0 spiro atoms. The van der Waals surface area contributed by atoms with Crippen LogP contribution in [0.15, 0.2) is 4.52 Å². The molecule has 0 saturated heterocycles. The van der Waals surface area contributed by atoms with Crippen LogP contribution in [-0.4, -0.2) is 43.6 Å². The fourth-order valence-corrected chi connectivity index (χ4v) is 3.03. The summed E-state index contributed by atoms with van der Waals surface area (Å²) in [5, 5.41) is 5.33. The van der Waals surface area contributed by atoms with Gasteiger partial charge in [-0.05, 0) is 31.6 Å². The quantitative estimate of drug-likeness (QED) is 0.721. The lowest BCUT2D eigenvalue weighted by atomic mass is 9.86. The van der Waals surface area contributed by atoms with Gasteiger partial charge in [0.1, 0.15) is 0 Å². The van der Waals surface area contributed by atoms with Gasteiger partial charge in [-0.2, -0.15) is 26.9 Å². The van der Waals surface area contributed by atoms with E-state index in [1.807, 2.05) is 0 Å². The Morgan fingerprint density at radius 3 is 2.28 bits per heavy atom. The van der Waals surface area contributed by atoms with Gasteiger partial charge in [0.15, 0.2) is 0 Å². The lowest BCUT2D eigenvalue weighted by Crippen LogP contribution is -2.35. The molecule has 1 saturated carbocycles. The summed E-state index contributed by atoms with van der Waals surface area (Å²) in [6.45, 7) is 0.300. The van der Waals surface area contributed by atoms with E-state index in [2.05, 4.69) is 24.7 Å². The van der Waals surface area contributed by atoms with Crippen LogP contribution in [0.25, 0.3) is 0 Å². The summed E-state index contributed by atoms with van der Waals surface area (Å²) in [6, 6.07) is -0.737. The predicted molar refractivity (Wildman–Crippen MR) is 76.5 cm³/mol. The maximum atomic E-state index is 13.1. The van der Waals surface area contributed by atoms with Gasteiger partial charge in [0.05, 0.1) is 6.26 Å². The molecule has 0 aliphatic heterocycles. The Morgan fingerprint density at radius 1 is 1.16 bits per heavy atom. The van der Waals surface area contributed by atoms with Crippen molar-refractivity contribution in [2.45, 2.75) is 43.8 Å². The van der Waals surface area contributed by atoms with Crippen LogP contribution in [-0.2, 0) is 15.9 Å². The predicted octanol–water partition coefficient (Wildman–Crippen LogP) is 2.24. The van der Waals surface area contributed by atoms with Gasteiger partial charge in [-0.25, -0.2) is 13.1 Å². The third-order valence-electron chi connectivity index (χ3n) is 3.87. The van der Waals surface area contributed by atoms with Crippen LogP contribution in [0.3, 0.4) is 0 Å². The zero-order chi connectivity index (χ0) is 18.9. The zero-order valence-corrected chi connectivity index (χ0v) is 13.9. The van der Waals surface area contributed by atoms with E-state index in [0.29, 0.717) is 32.2 Å². The molecule has 0 bridgehead atoms. The molecule has 1 fully saturated rings. The Bertz CT molecular complexity index is 683. The molecule has 0 amide bonds. The normalized spacial score (nSPS) is 22.8. The molecular formula is C12H17F5N4O3S. The van der Waals surface area contributed by atoms with Crippen molar-refractivity contribution in [3.8, 4) is 0 Å². The van der Waals surface area contributed by atoms with E-state index in [1.54, 1.807) is 0 Å². The average Bonchev–Trinajstić information content (AvgIpc) is 2.94. The number of nitrogens with one attached hydrogen (secondary N) is 2. The topological polar surface area (TPSA) is 97.1 Å². The Kier molecular flexibility index (Phi) is 5.56. The van der Waals surface area contributed by atoms with E-state index in [9.17, 15) is 30.4 Å². The maximum Gasteiger partial charge on any atom is 0.461 e. The largest absolute Gasteiger partial charge is 0.461 e. The Balaban J connectivity index is 1.87. The van der Waals surface area contributed by atoms with E-state index in [4.69, 9.17) is 0 Å². The number of rotatable bonds is 6. The highest BCUT2D eigenvalue weighted by Crippen LogP contribution is 2.42. The molecule has 25 heavy (non-hydrogen) atoms. The van der Waals surface area contributed by atoms with Gasteiger partial charge < -0.3 is 9.84 Å². The van der Waals surface area contributed by atoms with Gasteiger partial charge in [0, 0.05) is 12.6 Å². The van der Waals surface area contributed by atoms with E-state index in [0.717, 1.165) is 6.26 Å². The smallest absolute Gasteiger partial charge is 0.335 e. The SMILES string of the molecule is CS(=O)(=O)NC[C@H]1CC[C@H](Nc2nc(C(F)(F)C(F)(F)F)no2)CC1. The van der Waals surface area contributed by atoms with Gasteiger partial charge in [-0.3, -0.25) is 0 Å². The van der Waals surface area contributed by atoms with Crippen molar-refractivity contribution in [1.82, 2.24) is 14.9 Å². The van der Waals surface area contributed by atoms with Crippen molar-refractivity contribution in [2.24, 2.45) is 5.92 Å². The average molecular weight is 392 g/mol. The molecule has 1 aliphatic rings. The summed E-state index contributed by atoms with van der Waals surface area (Å²) in [5.41, 5.74) is 0. The van der Waals surface area contributed by atoms with Gasteiger partial charge in [-0.1, -0.05) is 5.16 Å². The first-order valence-corrected chi connectivity index (χ1v) is 9.27. The fraction of sp³-hybridized carbons (Fsp3) is 0.833. The molecule has 0 radical (unpaired) electrons. The van der Waals surface area contributed by atoms with Crippen molar-refractivity contribution < 1.29 is 34.9 Å². The summed E-state index contributed by atoms with van der Waals surface area (Å²) in [5.74, 6) is -6.81. The number of alkyl halides is 5. The molecular weight excluding hydrogens is 375 g/mol. The van der Waals surface area contributed by atoms with Crippen molar-refractivity contribution in [1.29, 1.82) is 0 Å². The molecule has 0 unspecified atom stereocenters. The van der Waals surface area contributed by atoms with Crippen LogP contribution < -0.4 is 10.0 Å². The van der Waals surface area contributed by atoms with E-state index in [1.165, 1.54) is 0 Å². The Labute approximate surface area is 140 Å². The van der Waals surface area contributed by atoms with Gasteiger partial charge in [0.2, 0.25) is 10.0 Å². The number of nitrogens with zero attached hydrogens (tertiary/aromatic N) is 2. The monoisotopic (exact) mass is 392 g/mol. The summed E-state index contributed by atoms with van der Waals surface area (Å²) >= 11 is 0. The molecule has 0 atom stereocenters. The number of sulfonamides is 1. The Morgan fingerprint density at radius 2 is 1.76 bits per heavy atom. The lowest BCUT2D eigenvalue weighted by Gasteiger charge is -2.28. The van der Waals surface area contributed by atoms with E-state index in [-0.39, 0.29) is 12.0 Å². The van der Waals surface area contributed by atoms with Crippen LogP contribution >= 0.6 is 0 Å². The highest BCUT2D eigenvalue weighted by Gasteiger charge is 2.62. The van der Waals surface area contributed by atoms with Gasteiger partial charge >= 0.3 is 18.1 Å². The molecule has 0 aromatic carbocycles. The van der Waals surface area contributed by atoms with Crippen molar-refractivity contribution in [2.75, 3.05) is 18.1 Å². The highest BCUT2D eigenvalue weighted by molar-refractivity contribution is 7.88. The summed E-state index contributed by atoms with van der Waals surface area (Å²) in [7, 11) is -3.27. The third kappa shape index (κ3) is 5.23. The zero-order valence-electron chi connectivity index (χ0n) is 13.1. The van der Waals surface area contributed by atoms with Crippen LogP contribution in [0.4, 0.5) is 28.0 Å². The minimum absolute atomic E-state index is 0.126. The molecule has 13 heteroatoms. The number of aromatic nitrogens is 2. The first-order valence-electron chi connectivity index (χ1n) is 7.38. The first-order chi connectivity index (χ1) is 11.4. The minimum Gasteiger partial charge on any atom is -0.335 e. The van der Waals surface area contributed by atoms with Crippen LogP contribution in [0.1, 0.15) is 31.5 Å². The van der Waals surface area contributed by atoms with Crippen LogP contribution in [0.5, 0.6) is 0 Å². The molecule has 1 heterocycles. The molecule has 1 aromatic rings. The standard InChI is InChI=1S/C12H17F5N4O3S/c1-25(22,23)18-6-7-2-4-8(5-3-7)19-10-20-9(21-24-10)11(13,14)12(15,16)17/h7-8,18H,2-6H2,1H3,(H,19,20,21)/t7-,8-. The summed E-state index contributed by atoms with van der Waals surface area (Å²) < 4.78 is 91.8. The van der Waals surface area contributed by atoms with Gasteiger partial charge in [-0.15, -0.1) is 0 Å². The van der Waals surface area contributed by atoms with E-state index >= 15 is 0 Å². The first kappa shape index (κ1) is 19.8. The van der Waals surface area contributed by atoms with Crippen LogP contribution in [0.2, 0.25) is 0 Å². The second-order valence-electron chi connectivity index (χ2n) is 5.98. The molecule has 1 aromatic heterocycles. The second kappa shape index (κ2) is 7.02. The maximum absolute atomic E-state index is 13.1. The third-order valence-corrected chi connectivity index (χ3v) is 4.56. The Hall–Kier alpha value is -1.50. The number of halogens is 5. The molecule has 2 rings (SSSR count). The summed E-state index contributed by atoms with van der Waals surface area (Å²) in [4.78, 5) is 3.08. The van der Waals surface area contributed by atoms with Crippen LogP contribution in [0, 0.1) is 5.92 Å². The van der Waals surface area contributed by atoms with Gasteiger partial charge in [0.25, 0.3) is 5.82 Å². The molecule has 2 N–H and O–H groups in total. The van der Waals surface area contributed by atoms with Crippen molar-refractivity contribution >= 4 is 16.0 Å². The molecule has 144 valence electrons. The van der Waals surface area contributed by atoms with Crippen molar-refractivity contribution in [3.05, 3.63) is 5.82 Å². The van der Waals surface area contributed by atoms with E-state index < -0.39 is 34.0 Å². The number of hydrogen-bond acceptors (Lipinski definition) is 6. The minimum atomic E-state index is -5.81. The fourth-order valence-electron chi connectivity index (χ4n) is 2.49. The number of hydrogen-bond donors (Lipinski definition) is 2. The second-order valence-corrected chi connectivity index (χ2v) is 7.81. The highest BCUT2D eigenvalue weighted by atomic mass is 32.2. The lowest BCUT2D eigenvalue weighted by molar-refractivity contribution is -0.293. The summed E-state index contributed by atoms with van der Waals surface area (Å²) in [6.07, 6.45) is -2.32. The molecule has 7 nitrogen and oxygen atoms in total. The number of anilines is 1. The van der Waals surface area contributed by atoms with Crippen molar-refractivity contribution in [3.63, 3.8) is 0 Å².